The van der Waals surface area contributed by atoms with Crippen LogP contribution in [0.5, 0.6) is 0 Å². The van der Waals surface area contributed by atoms with Gasteiger partial charge >= 0.3 is 0 Å². The van der Waals surface area contributed by atoms with Gasteiger partial charge in [0.15, 0.2) is 0 Å². The Bertz CT molecular complexity index is 245. The second-order valence-electron chi connectivity index (χ2n) is 6.88. The van der Waals surface area contributed by atoms with Crippen LogP contribution in [0.1, 0.15) is 53.9 Å². The van der Waals surface area contributed by atoms with Crippen molar-refractivity contribution >= 4 is 0 Å². The minimum absolute atomic E-state index is 0.327. The van der Waals surface area contributed by atoms with E-state index in [0.717, 1.165) is 38.3 Å². The first-order valence-electron chi connectivity index (χ1n) is 8.59. The zero-order valence-corrected chi connectivity index (χ0v) is 14.4. The molecule has 0 aromatic rings. The van der Waals surface area contributed by atoms with Crippen molar-refractivity contribution in [1.82, 2.24) is 10.2 Å². The van der Waals surface area contributed by atoms with Gasteiger partial charge in [0.2, 0.25) is 0 Å². The molecule has 0 amide bonds. The number of nitrogens with zero attached hydrogens (tertiary/aromatic N) is 1. The van der Waals surface area contributed by atoms with Gasteiger partial charge in [0, 0.05) is 37.7 Å². The van der Waals surface area contributed by atoms with E-state index in [9.17, 15) is 0 Å². The van der Waals surface area contributed by atoms with Crippen LogP contribution in [0, 0.1) is 11.3 Å². The Kier molecular flexibility index (Phi) is 8.08. The molecule has 1 heterocycles. The molecule has 1 unspecified atom stereocenters. The molecule has 1 aliphatic rings. The van der Waals surface area contributed by atoms with Crippen LogP contribution in [0.25, 0.3) is 0 Å². The molecule has 0 spiro atoms. The average Bonchev–Trinajstić information content (AvgIpc) is 2.86. The van der Waals surface area contributed by atoms with Crippen molar-refractivity contribution in [3.8, 4) is 0 Å². The van der Waals surface area contributed by atoms with E-state index in [-0.39, 0.29) is 0 Å². The van der Waals surface area contributed by atoms with E-state index in [1.807, 2.05) is 0 Å². The highest BCUT2D eigenvalue weighted by Crippen LogP contribution is 2.31. The summed E-state index contributed by atoms with van der Waals surface area (Å²) in [4.78, 5) is 2.73. The predicted octanol–water partition coefficient (Wildman–Crippen LogP) is 3.15. The largest absolute Gasteiger partial charge is 0.381 e. The molecule has 0 bridgehead atoms. The Morgan fingerprint density at radius 2 is 1.90 bits per heavy atom. The van der Waals surface area contributed by atoms with Crippen LogP contribution in [0.15, 0.2) is 0 Å². The minimum atomic E-state index is 0.327. The minimum Gasteiger partial charge on any atom is -0.381 e. The maximum Gasteiger partial charge on any atom is 0.0547 e. The van der Waals surface area contributed by atoms with Crippen molar-refractivity contribution in [2.24, 2.45) is 11.3 Å². The highest BCUT2D eigenvalue weighted by Gasteiger charge is 2.37. The summed E-state index contributed by atoms with van der Waals surface area (Å²) in [6, 6.07) is 0.719. The second-order valence-corrected chi connectivity index (χ2v) is 6.88. The summed E-state index contributed by atoms with van der Waals surface area (Å²) in [5, 5.41) is 3.56. The lowest BCUT2D eigenvalue weighted by molar-refractivity contribution is 0.0737. The average molecular weight is 284 g/mol. The lowest BCUT2D eigenvalue weighted by Crippen LogP contribution is -2.49. The van der Waals surface area contributed by atoms with Crippen LogP contribution in [0.3, 0.4) is 0 Å². The van der Waals surface area contributed by atoms with Gasteiger partial charge in [0.1, 0.15) is 0 Å². The summed E-state index contributed by atoms with van der Waals surface area (Å²) < 4.78 is 5.74. The summed E-state index contributed by atoms with van der Waals surface area (Å²) in [6.07, 6.45) is 3.71. The molecule has 1 saturated heterocycles. The number of nitrogens with one attached hydrogen (secondary N) is 1. The smallest absolute Gasteiger partial charge is 0.0547 e. The predicted molar refractivity (Wildman–Crippen MR) is 87.2 cm³/mol. The maximum absolute atomic E-state index is 5.74. The lowest BCUT2D eigenvalue weighted by atomic mass is 9.85. The topological polar surface area (TPSA) is 24.5 Å². The van der Waals surface area contributed by atoms with E-state index < -0.39 is 0 Å². The Morgan fingerprint density at radius 1 is 1.20 bits per heavy atom. The van der Waals surface area contributed by atoms with Crippen molar-refractivity contribution in [1.29, 1.82) is 0 Å². The van der Waals surface area contributed by atoms with Gasteiger partial charge in [-0.1, -0.05) is 34.6 Å². The van der Waals surface area contributed by atoms with Gasteiger partial charge in [-0.2, -0.15) is 0 Å². The molecule has 0 saturated carbocycles. The van der Waals surface area contributed by atoms with Gasteiger partial charge in [0.25, 0.3) is 0 Å². The van der Waals surface area contributed by atoms with Gasteiger partial charge < -0.3 is 10.1 Å². The van der Waals surface area contributed by atoms with E-state index in [1.165, 1.54) is 32.4 Å². The third kappa shape index (κ3) is 5.34. The van der Waals surface area contributed by atoms with Gasteiger partial charge in [0.05, 0.1) is 6.61 Å². The Balaban J connectivity index is 2.73. The lowest BCUT2D eigenvalue weighted by Gasteiger charge is -2.39. The summed E-state index contributed by atoms with van der Waals surface area (Å²) in [5.41, 5.74) is 0.327. The maximum atomic E-state index is 5.74. The molecule has 0 aromatic carbocycles. The molecule has 1 atom stereocenters. The van der Waals surface area contributed by atoms with Gasteiger partial charge in [-0.3, -0.25) is 4.90 Å². The highest BCUT2D eigenvalue weighted by atomic mass is 16.5. The Morgan fingerprint density at radius 3 is 2.35 bits per heavy atom. The normalized spacial score (nSPS) is 23.4. The highest BCUT2D eigenvalue weighted by molar-refractivity contribution is 4.90. The zero-order chi connectivity index (χ0) is 15.0. The second kappa shape index (κ2) is 9.01. The van der Waals surface area contributed by atoms with Crippen molar-refractivity contribution in [3.05, 3.63) is 0 Å². The third-order valence-electron chi connectivity index (χ3n) is 4.53. The van der Waals surface area contributed by atoms with E-state index in [4.69, 9.17) is 4.74 Å². The molecular weight excluding hydrogens is 248 g/mol. The first kappa shape index (κ1) is 17.9. The first-order chi connectivity index (χ1) is 9.56. The first-order valence-corrected chi connectivity index (χ1v) is 8.59. The van der Waals surface area contributed by atoms with Crippen molar-refractivity contribution < 1.29 is 4.74 Å². The SMILES string of the molecule is CCNCC1(CN(CC(C)C)C(CC)CC)CCOC1. The standard InChI is InChI=1S/C17H36N2O/c1-6-16(7-2)19(11-15(4)5)13-17(12-18-8-3)9-10-20-14-17/h15-16,18H,6-14H2,1-5H3. The third-order valence-corrected chi connectivity index (χ3v) is 4.53. The van der Waals surface area contributed by atoms with Crippen LogP contribution >= 0.6 is 0 Å². The fraction of sp³-hybridized carbons (Fsp3) is 1.00. The van der Waals surface area contributed by atoms with Crippen LogP contribution < -0.4 is 5.32 Å². The van der Waals surface area contributed by atoms with E-state index >= 15 is 0 Å². The fourth-order valence-corrected chi connectivity index (χ4v) is 3.41. The van der Waals surface area contributed by atoms with Crippen molar-refractivity contribution in [3.63, 3.8) is 0 Å². The molecule has 3 nitrogen and oxygen atoms in total. The molecule has 120 valence electrons. The molecule has 0 aliphatic carbocycles. The molecule has 0 aromatic heterocycles. The van der Waals surface area contributed by atoms with Crippen molar-refractivity contribution in [2.45, 2.75) is 59.9 Å². The number of hydrogen-bond donors (Lipinski definition) is 1. The van der Waals surface area contributed by atoms with Gasteiger partial charge in [-0.05, 0) is 31.7 Å². The molecule has 1 aliphatic heterocycles. The molecular formula is C17H36N2O. The summed E-state index contributed by atoms with van der Waals surface area (Å²) in [5.74, 6) is 0.731. The van der Waals surface area contributed by atoms with Crippen LogP contribution in [-0.2, 0) is 4.74 Å². The molecule has 1 fully saturated rings. The number of ether oxygens (including phenoxy) is 1. The molecule has 20 heavy (non-hydrogen) atoms. The summed E-state index contributed by atoms with van der Waals surface area (Å²) in [7, 11) is 0. The quantitative estimate of drug-likeness (QED) is 0.667. The van der Waals surface area contributed by atoms with Crippen LogP contribution in [0.2, 0.25) is 0 Å². The number of hydrogen-bond acceptors (Lipinski definition) is 3. The zero-order valence-electron chi connectivity index (χ0n) is 14.4. The Labute approximate surface area is 126 Å². The Hall–Kier alpha value is -0.120. The van der Waals surface area contributed by atoms with Gasteiger partial charge in [-0.15, -0.1) is 0 Å². The van der Waals surface area contributed by atoms with E-state index in [0.29, 0.717) is 5.41 Å². The summed E-state index contributed by atoms with van der Waals surface area (Å²) >= 11 is 0. The van der Waals surface area contributed by atoms with Crippen LogP contribution in [0.4, 0.5) is 0 Å². The monoisotopic (exact) mass is 284 g/mol. The van der Waals surface area contributed by atoms with Crippen molar-refractivity contribution in [2.75, 3.05) is 39.4 Å². The molecule has 3 heteroatoms. The fourth-order valence-electron chi connectivity index (χ4n) is 3.41. The molecule has 1 rings (SSSR count). The number of rotatable bonds is 10. The van der Waals surface area contributed by atoms with E-state index in [1.54, 1.807) is 0 Å². The van der Waals surface area contributed by atoms with Crippen LogP contribution in [-0.4, -0.2) is 50.3 Å². The van der Waals surface area contributed by atoms with E-state index in [2.05, 4.69) is 44.8 Å². The van der Waals surface area contributed by atoms with Gasteiger partial charge in [-0.25, -0.2) is 0 Å². The molecule has 1 N–H and O–H groups in total. The molecule has 0 radical (unpaired) electrons. The summed E-state index contributed by atoms with van der Waals surface area (Å²) in [6.45, 7) is 17.9.